The Hall–Kier alpha value is -2.38. The smallest absolute Gasteiger partial charge is 0.303 e. The molecule has 4 heteroatoms. The van der Waals surface area contributed by atoms with Gasteiger partial charge in [-0.05, 0) is 29.4 Å². The Labute approximate surface area is 156 Å². The summed E-state index contributed by atoms with van der Waals surface area (Å²) < 4.78 is 10.9. The van der Waals surface area contributed by atoms with Gasteiger partial charge in [-0.1, -0.05) is 69.3 Å². The third-order valence-electron chi connectivity index (χ3n) is 4.40. The molecule has 0 N–H and O–H groups in total. The molecule has 1 aliphatic rings. The Morgan fingerprint density at radius 3 is 2.50 bits per heavy atom. The van der Waals surface area contributed by atoms with Gasteiger partial charge in [0.25, 0.3) is 0 Å². The minimum absolute atomic E-state index is 0.210. The van der Waals surface area contributed by atoms with E-state index in [0.29, 0.717) is 8.58 Å². The Morgan fingerprint density at radius 1 is 1.08 bits per heavy atom. The van der Waals surface area contributed by atoms with Crippen LogP contribution in [0, 0.1) is 0 Å². The van der Waals surface area contributed by atoms with E-state index in [1.165, 1.54) is 17.8 Å². The Morgan fingerprint density at radius 2 is 1.77 bits per heavy atom. The molecule has 3 rings (SSSR count). The van der Waals surface area contributed by atoms with Crippen LogP contribution in [-0.2, 0) is 9.53 Å². The van der Waals surface area contributed by atoms with E-state index in [1.54, 1.807) is 7.11 Å². The first-order chi connectivity index (χ1) is 12.6. The largest absolute Gasteiger partial charge is 0.496 e. The molecule has 3 nitrogen and oxygen atoms in total. The van der Waals surface area contributed by atoms with E-state index >= 15 is 0 Å². The van der Waals surface area contributed by atoms with Crippen LogP contribution in [-0.4, -0.2) is 24.8 Å². The van der Waals surface area contributed by atoms with Gasteiger partial charge in [0, 0.05) is 18.1 Å². The van der Waals surface area contributed by atoms with E-state index in [0.717, 1.165) is 16.9 Å². The molecule has 0 fully saturated rings. The molecule has 0 heterocycles. The van der Waals surface area contributed by atoms with Gasteiger partial charge in [0.15, 0.2) is 0 Å². The molecule has 0 spiro atoms. The molecular weight excluding hydrogens is 343 g/mol. The number of hydrogen-bond donors (Lipinski definition) is 0. The Kier molecular flexibility index (Phi) is 5.90. The molecule has 134 valence electrons. The number of carbonyl (C=O) groups is 1. The van der Waals surface area contributed by atoms with Crippen LogP contribution in [0.5, 0.6) is 5.75 Å². The molecule has 2 aromatic carbocycles. The highest BCUT2D eigenvalue weighted by Gasteiger charge is 2.23. The second-order valence-electron chi connectivity index (χ2n) is 6.17. The van der Waals surface area contributed by atoms with Gasteiger partial charge in [0.1, 0.15) is 11.9 Å². The van der Waals surface area contributed by atoms with Crippen molar-refractivity contribution in [2.45, 2.75) is 25.6 Å². The molecule has 0 aliphatic heterocycles. The zero-order chi connectivity index (χ0) is 18.5. The lowest BCUT2D eigenvalue weighted by atomic mass is 10.0. The molecule has 1 aliphatic carbocycles. The van der Waals surface area contributed by atoms with Crippen LogP contribution in [0.25, 0.3) is 11.1 Å². The number of esters is 1. The van der Waals surface area contributed by atoms with Crippen molar-refractivity contribution in [1.82, 2.24) is 0 Å². The second-order valence-corrected chi connectivity index (χ2v) is 7.62. The van der Waals surface area contributed by atoms with Crippen LogP contribution in [0.15, 0.2) is 72.3 Å². The number of para-hydroxylation sites is 1. The number of carbonyl (C=O) groups excluding carboxylic acids is 1. The summed E-state index contributed by atoms with van der Waals surface area (Å²) in [7, 11) is 2.25. The summed E-state index contributed by atoms with van der Waals surface area (Å²) in [6.07, 6.45) is 6.10. The van der Waals surface area contributed by atoms with Crippen LogP contribution in [0.1, 0.15) is 13.8 Å². The van der Waals surface area contributed by atoms with Crippen LogP contribution in [0.3, 0.4) is 0 Å². The van der Waals surface area contributed by atoms with Gasteiger partial charge in [-0.2, -0.15) is 0 Å². The highest BCUT2D eigenvalue weighted by atomic mass is 31.1. The lowest BCUT2D eigenvalue weighted by Gasteiger charge is -2.21. The van der Waals surface area contributed by atoms with Crippen LogP contribution >= 0.6 is 8.58 Å². The zero-order valence-electron chi connectivity index (χ0n) is 15.2. The Balaban J connectivity index is 1.89. The standard InChI is InChI=1S/C22H23O3P/c1-15(25-16(2)23)17-11-8-14-21(17)26-22-13-7-5-10-19(22)18-9-4-6-12-20(18)24-3/h4-15,21,26H,1-3H3. The van der Waals surface area contributed by atoms with Crippen LogP contribution in [0.2, 0.25) is 0 Å². The van der Waals surface area contributed by atoms with Gasteiger partial charge in [-0.15, -0.1) is 0 Å². The Bertz CT molecular complexity index is 854. The van der Waals surface area contributed by atoms with Gasteiger partial charge in [-0.3, -0.25) is 4.79 Å². The fourth-order valence-corrected chi connectivity index (χ4v) is 4.81. The van der Waals surface area contributed by atoms with Gasteiger partial charge in [0.05, 0.1) is 7.11 Å². The quantitative estimate of drug-likeness (QED) is 0.558. The van der Waals surface area contributed by atoms with E-state index in [9.17, 15) is 4.79 Å². The van der Waals surface area contributed by atoms with Crippen molar-refractivity contribution < 1.29 is 14.3 Å². The van der Waals surface area contributed by atoms with Crippen molar-refractivity contribution in [3.63, 3.8) is 0 Å². The van der Waals surface area contributed by atoms with Crippen molar-refractivity contribution in [2.24, 2.45) is 0 Å². The summed E-state index contributed by atoms with van der Waals surface area (Å²) in [5, 5.41) is 1.27. The molecular formula is C22H23O3P. The van der Waals surface area contributed by atoms with Crippen LogP contribution in [0.4, 0.5) is 0 Å². The van der Waals surface area contributed by atoms with E-state index in [-0.39, 0.29) is 17.7 Å². The number of benzene rings is 2. The predicted molar refractivity (Wildman–Crippen MR) is 109 cm³/mol. The van der Waals surface area contributed by atoms with Crippen molar-refractivity contribution in [3.05, 3.63) is 72.3 Å². The summed E-state index contributed by atoms with van der Waals surface area (Å²) in [5.41, 5.74) is 3.68. The number of hydrogen-bond acceptors (Lipinski definition) is 3. The average Bonchev–Trinajstić information content (AvgIpc) is 3.10. The summed E-state index contributed by atoms with van der Waals surface area (Å²) >= 11 is 0. The van der Waals surface area contributed by atoms with Gasteiger partial charge in [0.2, 0.25) is 0 Å². The van der Waals surface area contributed by atoms with Crippen molar-refractivity contribution >= 4 is 19.9 Å². The molecule has 26 heavy (non-hydrogen) atoms. The van der Waals surface area contributed by atoms with Crippen LogP contribution < -0.4 is 10.0 Å². The maximum absolute atomic E-state index is 11.3. The molecule has 0 radical (unpaired) electrons. The van der Waals surface area contributed by atoms with Gasteiger partial charge < -0.3 is 9.47 Å². The topological polar surface area (TPSA) is 35.5 Å². The highest BCUT2D eigenvalue weighted by Crippen LogP contribution is 2.37. The van der Waals surface area contributed by atoms with E-state index < -0.39 is 0 Å². The molecule has 0 amide bonds. The fourth-order valence-electron chi connectivity index (χ4n) is 3.21. The number of rotatable bonds is 6. The second kappa shape index (κ2) is 8.33. The van der Waals surface area contributed by atoms with E-state index in [2.05, 4.69) is 48.6 Å². The molecule has 2 aromatic rings. The van der Waals surface area contributed by atoms with Gasteiger partial charge in [-0.25, -0.2) is 0 Å². The normalized spacial score (nSPS) is 17.3. The average molecular weight is 366 g/mol. The highest BCUT2D eigenvalue weighted by molar-refractivity contribution is 7.49. The van der Waals surface area contributed by atoms with Crippen molar-refractivity contribution in [2.75, 3.05) is 7.11 Å². The first-order valence-electron chi connectivity index (χ1n) is 8.64. The fraction of sp³-hybridized carbons (Fsp3) is 0.227. The maximum atomic E-state index is 11.3. The number of methoxy groups -OCH3 is 1. The van der Waals surface area contributed by atoms with Crippen molar-refractivity contribution in [3.8, 4) is 16.9 Å². The van der Waals surface area contributed by atoms with E-state index in [4.69, 9.17) is 9.47 Å². The number of allylic oxidation sites excluding steroid dienone is 3. The summed E-state index contributed by atoms with van der Waals surface area (Å²) in [6.45, 7) is 3.39. The number of ether oxygens (including phenoxy) is 2. The first-order valence-corrected chi connectivity index (χ1v) is 9.72. The molecule has 0 saturated carbocycles. The monoisotopic (exact) mass is 366 g/mol. The third kappa shape index (κ3) is 4.05. The molecule has 0 bridgehead atoms. The predicted octanol–water partition coefficient (Wildman–Crippen LogP) is 4.48. The minimum Gasteiger partial charge on any atom is -0.496 e. The lowest BCUT2D eigenvalue weighted by Crippen LogP contribution is -2.20. The van der Waals surface area contributed by atoms with E-state index in [1.807, 2.05) is 25.1 Å². The third-order valence-corrected chi connectivity index (χ3v) is 5.98. The maximum Gasteiger partial charge on any atom is 0.303 e. The minimum atomic E-state index is -0.248. The zero-order valence-corrected chi connectivity index (χ0v) is 16.2. The molecule has 3 unspecified atom stereocenters. The molecule has 0 aromatic heterocycles. The first kappa shape index (κ1) is 18.4. The molecule has 3 atom stereocenters. The molecule has 0 saturated heterocycles. The van der Waals surface area contributed by atoms with Gasteiger partial charge >= 0.3 is 5.97 Å². The summed E-state index contributed by atoms with van der Waals surface area (Å²) in [5.74, 6) is 0.623. The summed E-state index contributed by atoms with van der Waals surface area (Å²) in [6, 6.07) is 16.5. The summed E-state index contributed by atoms with van der Waals surface area (Å²) in [4.78, 5) is 11.3. The SMILES string of the molecule is COc1ccccc1-c1ccccc1PC1C=CC=C1C(C)OC(C)=O. The van der Waals surface area contributed by atoms with Crippen molar-refractivity contribution in [1.29, 1.82) is 0 Å². The lowest BCUT2D eigenvalue weighted by molar-refractivity contribution is -0.143.